The molecule has 0 saturated carbocycles. The third-order valence-electron chi connectivity index (χ3n) is 14.2. The first kappa shape index (κ1) is 66.4. The molecule has 11 unspecified atom stereocenters. The Kier molecular flexibility index (Phi) is 40.9. The third kappa shape index (κ3) is 31.3. The summed E-state index contributed by atoms with van der Waals surface area (Å²) in [4.78, 5) is 25.9. The third-order valence-corrected chi connectivity index (χ3v) is 14.2. The molecule has 11 atom stereocenters. The van der Waals surface area contributed by atoms with Gasteiger partial charge in [-0.25, -0.2) is 0 Å². The molecule has 0 bridgehead atoms. The first-order valence-corrected chi connectivity index (χ1v) is 29.3. The highest BCUT2D eigenvalue weighted by atomic mass is 16.7. The van der Waals surface area contributed by atoms with Crippen molar-refractivity contribution in [3.63, 3.8) is 0 Å². The van der Waals surface area contributed by atoms with Crippen LogP contribution in [0.1, 0.15) is 245 Å². The predicted octanol–water partition coefficient (Wildman–Crippen LogP) is 9.72. The fraction of sp³-hybridized carbons (Fsp3) is 0.930. The second-order valence-electron chi connectivity index (χ2n) is 20.8. The molecule has 0 aliphatic carbocycles. The maximum atomic E-state index is 13.1. The molecule has 72 heavy (non-hydrogen) atoms. The van der Waals surface area contributed by atoms with Crippen LogP contribution in [0.25, 0.3) is 0 Å². The van der Waals surface area contributed by atoms with Gasteiger partial charge >= 0.3 is 11.9 Å². The maximum Gasteiger partial charge on any atom is 0.306 e. The molecule has 15 heteroatoms. The van der Waals surface area contributed by atoms with Crippen molar-refractivity contribution in [2.45, 2.75) is 313 Å². The minimum absolute atomic E-state index is 0.168. The van der Waals surface area contributed by atoms with Crippen molar-refractivity contribution in [1.82, 2.24) is 0 Å². The van der Waals surface area contributed by atoms with Crippen molar-refractivity contribution in [3.8, 4) is 0 Å². The van der Waals surface area contributed by atoms with Gasteiger partial charge in [0, 0.05) is 12.8 Å². The summed E-state index contributed by atoms with van der Waals surface area (Å²) in [5, 5.41) is 72.3. The van der Waals surface area contributed by atoms with Crippen LogP contribution in [0.5, 0.6) is 0 Å². The molecule has 0 aromatic rings. The zero-order chi connectivity index (χ0) is 52.4. The van der Waals surface area contributed by atoms with Crippen molar-refractivity contribution >= 4 is 11.9 Å². The van der Waals surface area contributed by atoms with E-state index in [-0.39, 0.29) is 26.1 Å². The summed E-state index contributed by atoms with van der Waals surface area (Å²) in [5.41, 5.74) is 0. The summed E-state index contributed by atoms with van der Waals surface area (Å²) in [7, 11) is 0. The van der Waals surface area contributed by atoms with E-state index in [9.17, 15) is 45.3 Å². The molecule has 2 fully saturated rings. The SMILES string of the molecule is CCCCCCCCCC/C=C\CCCCCCCCCCCC(=O)OC(COC(=O)CCCCCCCCCCCCCCCCC)COC1OC(COC2OC(CO)C(O)C(O)C2O)C(O)C(O)C1O. The summed E-state index contributed by atoms with van der Waals surface area (Å²) in [6.45, 7) is 2.64. The van der Waals surface area contributed by atoms with Crippen LogP contribution in [0.3, 0.4) is 0 Å². The standard InChI is InChI=1S/C57H106O15/c1-3-5-7-9-11-13-15-17-19-20-21-22-23-24-26-28-30-32-34-36-38-40-49(60)70-45(42-67-48(59)39-37-35-33-31-29-27-25-18-16-14-12-10-8-6-4-2)43-68-56-55(66)53(64)51(62)47(72-56)44-69-57-54(65)52(63)50(61)46(41-58)71-57/h20-21,45-47,50-58,61-66H,3-19,22-44H2,1-2H3/b21-20-. The summed E-state index contributed by atoms with van der Waals surface area (Å²) in [6, 6.07) is 0. The number of hydrogen-bond donors (Lipinski definition) is 7. The molecule has 2 aliphatic heterocycles. The molecule has 2 rings (SSSR count). The summed E-state index contributed by atoms with van der Waals surface area (Å²) in [6.07, 6.45) is 29.4. The van der Waals surface area contributed by atoms with Crippen molar-refractivity contribution in [1.29, 1.82) is 0 Å². The average molecular weight is 1030 g/mol. The van der Waals surface area contributed by atoms with Crippen LogP contribution in [0, 0.1) is 0 Å². The number of unbranched alkanes of at least 4 members (excludes halogenated alkanes) is 31. The Morgan fingerprint density at radius 2 is 0.792 bits per heavy atom. The van der Waals surface area contributed by atoms with Crippen LogP contribution in [0.4, 0.5) is 0 Å². The minimum Gasteiger partial charge on any atom is -0.462 e. The maximum absolute atomic E-state index is 13.1. The molecule has 0 aromatic heterocycles. The van der Waals surface area contributed by atoms with Gasteiger partial charge in [-0.2, -0.15) is 0 Å². The lowest BCUT2D eigenvalue weighted by molar-refractivity contribution is -0.332. The highest BCUT2D eigenvalue weighted by molar-refractivity contribution is 5.70. The Morgan fingerprint density at radius 1 is 0.431 bits per heavy atom. The van der Waals surface area contributed by atoms with Crippen LogP contribution in [-0.2, 0) is 38.0 Å². The van der Waals surface area contributed by atoms with Gasteiger partial charge in [-0.3, -0.25) is 9.59 Å². The van der Waals surface area contributed by atoms with Crippen LogP contribution in [0.15, 0.2) is 12.2 Å². The zero-order valence-corrected chi connectivity index (χ0v) is 45.2. The molecule has 0 radical (unpaired) electrons. The molecule has 2 saturated heterocycles. The van der Waals surface area contributed by atoms with Crippen LogP contribution in [-0.4, -0.2) is 142 Å². The molecule has 2 aliphatic rings. The van der Waals surface area contributed by atoms with E-state index in [1.54, 1.807) is 0 Å². The first-order chi connectivity index (χ1) is 35.0. The Labute approximate surface area is 435 Å². The van der Waals surface area contributed by atoms with E-state index in [2.05, 4.69) is 26.0 Å². The summed E-state index contributed by atoms with van der Waals surface area (Å²) < 4.78 is 33.7. The average Bonchev–Trinajstić information content (AvgIpc) is 3.37. The molecule has 424 valence electrons. The number of aliphatic hydroxyl groups is 7. The lowest BCUT2D eigenvalue weighted by Gasteiger charge is -2.42. The number of esters is 2. The molecule has 0 spiro atoms. The smallest absolute Gasteiger partial charge is 0.306 e. The van der Waals surface area contributed by atoms with Crippen molar-refractivity contribution in [2.24, 2.45) is 0 Å². The van der Waals surface area contributed by atoms with Crippen molar-refractivity contribution in [2.75, 3.05) is 26.4 Å². The normalized spacial score (nSPS) is 25.0. The highest BCUT2D eigenvalue weighted by Crippen LogP contribution is 2.27. The van der Waals surface area contributed by atoms with E-state index in [0.29, 0.717) is 12.8 Å². The fourth-order valence-corrected chi connectivity index (χ4v) is 9.45. The van der Waals surface area contributed by atoms with Gasteiger partial charge in [0.1, 0.15) is 55.4 Å². The van der Waals surface area contributed by atoms with Crippen LogP contribution >= 0.6 is 0 Å². The Bertz CT molecular complexity index is 1300. The molecular formula is C57H106O15. The Morgan fingerprint density at radius 3 is 1.22 bits per heavy atom. The van der Waals surface area contributed by atoms with E-state index in [0.717, 1.165) is 38.5 Å². The monoisotopic (exact) mass is 1030 g/mol. The van der Waals surface area contributed by atoms with Crippen molar-refractivity contribution < 1.29 is 73.8 Å². The van der Waals surface area contributed by atoms with Gasteiger partial charge in [0.25, 0.3) is 0 Å². The highest BCUT2D eigenvalue weighted by Gasteiger charge is 2.47. The lowest BCUT2D eigenvalue weighted by Crippen LogP contribution is -2.61. The number of hydrogen-bond acceptors (Lipinski definition) is 15. The van der Waals surface area contributed by atoms with Gasteiger partial charge in [-0.1, -0.05) is 206 Å². The molecule has 7 N–H and O–H groups in total. The van der Waals surface area contributed by atoms with Crippen molar-refractivity contribution in [3.05, 3.63) is 12.2 Å². The molecular weight excluding hydrogens is 925 g/mol. The Hall–Kier alpha value is -1.76. The quantitative estimate of drug-likeness (QED) is 0.0171. The van der Waals surface area contributed by atoms with E-state index >= 15 is 0 Å². The second kappa shape index (κ2) is 44.4. The second-order valence-corrected chi connectivity index (χ2v) is 20.8. The zero-order valence-electron chi connectivity index (χ0n) is 45.2. The predicted molar refractivity (Wildman–Crippen MR) is 280 cm³/mol. The number of carbonyl (C=O) groups is 2. The number of ether oxygens (including phenoxy) is 6. The minimum atomic E-state index is -1.76. The van der Waals surface area contributed by atoms with Crippen LogP contribution < -0.4 is 0 Å². The first-order valence-electron chi connectivity index (χ1n) is 29.3. The van der Waals surface area contributed by atoms with Gasteiger partial charge in [-0.15, -0.1) is 0 Å². The topological polar surface area (TPSA) is 231 Å². The molecule has 2 heterocycles. The van der Waals surface area contributed by atoms with E-state index in [1.807, 2.05) is 0 Å². The lowest BCUT2D eigenvalue weighted by atomic mass is 9.98. The van der Waals surface area contributed by atoms with E-state index in [4.69, 9.17) is 28.4 Å². The summed E-state index contributed by atoms with van der Waals surface area (Å²) >= 11 is 0. The number of aliphatic hydroxyl groups excluding tert-OH is 7. The summed E-state index contributed by atoms with van der Waals surface area (Å²) in [5.74, 6) is -0.912. The van der Waals surface area contributed by atoms with E-state index in [1.165, 1.54) is 167 Å². The van der Waals surface area contributed by atoms with Gasteiger partial charge < -0.3 is 64.2 Å². The molecule has 0 amide bonds. The molecule has 15 nitrogen and oxygen atoms in total. The number of rotatable bonds is 47. The largest absolute Gasteiger partial charge is 0.462 e. The van der Waals surface area contributed by atoms with Gasteiger partial charge in [-0.05, 0) is 38.5 Å². The van der Waals surface area contributed by atoms with Gasteiger partial charge in [0.05, 0.1) is 19.8 Å². The van der Waals surface area contributed by atoms with Gasteiger partial charge in [0.15, 0.2) is 18.7 Å². The fourth-order valence-electron chi connectivity index (χ4n) is 9.45. The van der Waals surface area contributed by atoms with Crippen LogP contribution in [0.2, 0.25) is 0 Å². The molecule has 0 aromatic carbocycles. The number of carbonyl (C=O) groups excluding carboxylic acids is 2. The van der Waals surface area contributed by atoms with Gasteiger partial charge in [0.2, 0.25) is 0 Å². The van der Waals surface area contributed by atoms with E-state index < -0.39 is 92.7 Å². The number of allylic oxidation sites excluding steroid dienone is 2. The Balaban J connectivity index is 1.74.